The first-order valence-corrected chi connectivity index (χ1v) is 14.8. The van der Waals surface area contributed by atoms with Gasteiger partial charge in [0.1, 0.15) is 0 Å². The van der Waals surface area contributed by atoms with Gasteiger partial charge in [-0.15, -0.1) is 0 Å². The highest BCUT2D eigenvalue weighted by Crippen LogP contribution is 2.43. The molecule has 5 rings (SSSR count). The molecule has 1 aromatic carbocycles. The van der Waals surface area contributed by atoms with E-state index in [-0.39, 0.29) is 30.3 Å². The minimum atomic E-state index is -0.610. The van der Waals surface area contributed by atoms with Crippen LogP contribution in [-0.2, 0) is 14.3 Å². The number of hydrogen-bond donors (Lipinski definition) is 1. The Morgan fingerprint density at radius 1 is 1.08 bits per heavy atom. The quantitative estimate of drug-likeness (QED) is 0.533. The van der Waals surface area contributed by atoms with E-state index in [4.69, 9.17) is 9.47 Å². The molecule has 1 N–H and O–H groups in total. The fraction of sp³-hybridized carbons (Fsp3) is 0.613. The molecule has 3 aliphatic rings. The van der Waals surface area contributed by atoms with Crippen molar-refractivity contribution in [2.24, 2.45) is 5.92 Å². The lowest BCUT2D eigenvalue weighted by Gasteiger charge is -2.41. The summed E-state index contributed by atoms with van der Waals surface area (Å²) in [5, 5.41) is 10.6. The summed E-state index contributed by atoms with van der Waals surface area (Å²) < 4.78 is 14.1. The van der Waals surface area contributed by atoms with Gasteiger partial charge in [-0.3, -0.25) is 14.2 Å². The molecule has 0 radical (unpaired) electrons. The van der Waals surface area contributed by atoms with E-state index in [1.165, 1.54) is 32.4 Å². The maximum atomic E-state index is 13.8. The molecule has 0 bridgehead atoms. The maximum absolute atomic E-state index is 13.8. The van der Waals surface area contributed by atoms with Crippen molar-refractivity contribution in [1.82, 2.24) is 14.4 Å². The number of aliphatic hydroxyl groups is 1. The molecule has 2 saturated heterocycles. The predicted molar refractivity (Wildman–Crippen MR) is 150 cm³/mol. The van der Waals surface area contributed by atoms with E-state index in [0.717, 1.165) is 42.4 Å². The van der Waals surface area contributed by atoms with Crippen LogP contribution in [-0.4, -0.2) is 83.0 Å². The molecule has 0 unspecified atom stereocenters. The summed E-state index contributed by atoms with van der Waals surface area (Å²) in [4.78, 5) is 30.9. The van der Waals surface area contributed by atoms with E-state index in [2.05, 4.69) is 4.90 Å². The molecule has 8 nitrogen and oxygen atoms in total. The van der Waals surface area contributed by atoms with Gasteiger partial charge in [0.25, 0.3) is 5.91 Å². The fourth-order valence-electron chi connectivity index (χ4n) is 6.72. The number of allylic oxidation sites excluding steroid dienone is 1. The van der Waals surface area contributed by atoms with Gasteiger partial charge in [0.15, 0.2) is 5.76 Å². The van der Waals surface area contributed by atoms with Crippen LogP contribution in [0.4, 0.5) is 0 Å². The number of amides is 1. The molecule has 3 aliphatic heterocycles. The van der Waals surface area contributed by atoms with Crippen LogP contribution in [0.3, 0.4) is 0 Å². The molecular formula is C31H43N3O5. The van der Waals surface area contributed by atoms with Gasteiger partial charge in [-0.1, -0.05) is 24.6 Å². The highest BCUT2D eigenvalue weighted by Gasteiger charge is 2.40. The van der Waals surface area contributed by atoms with Crippen molar-refractivity contribution in [3.8, 4) is 0 Å². The number of carbonyl (C=O) groups excluding carboxylic acids is 2. The van der Waals surface area contributed by atoms with Gasteiger partial charge in [0.05, 0.1) is 5.52 Å². The van der Waals surface area contributed by atoms with Crippen LogP contribution in [0.25, 0.3) is 10.9 Å². The molecule has 212 valence electrons. The lowest BCUT2D eigenvalue weighted by Crippen LogP contribution is -2.49. The monoisotopic (exact) mass is 537 g/mol. The van der Waals surface area contributed by atoms with Crippen molar-refractivity contribution in [3.63, 3.8) is 0 Å². The van der Waals surface area contributed by atoms with Gasteiger partial charge in [0.2, 0.25) is 12.2 Å². The summed E-state index contributed by atoms with van der Waals surface area (Å²) in [5.41, 5.74) is 1.83. The third-order valence-electron chi connectivity index (χ3n) is 8.72. The van der Waals surface area contributed by atoms with Crippen LogP contribution < -0.4 is 0 Å². The Kier molecular flexibility index (Phi) is 9.05. The first-order chi connectivity index (χ1) is 19.0. The number of benzene rings is 1. The molecule has 39 heavy (non-hydrogen) atoms. The van der Waals surface area contributed by atoms with Crippen molar-refractivity contribution < 1.29 is 24.2 Å². The van der Waals surface area contributed by atoms with Gasteiger partial charge in [-0.25, -0.2) is 0 Å². The number of hydrogen-bond acceptors (Lipinski definition) is 6. The van der Waals surface area contributed by atoms with Crippen LogP contribution in [0.5, 0.6) is 0 Å². The zero-order valence-corrected chi connectivity index (χ0v) is 23.4. The first kappa shape index (κ1) is 27.9. The van der Waals surface area contributed by atoms with Crippen molar-refractivity contribution in [2.75, 3.05) is 39.4 Å². The molecular weight excluding hydrogens is 494 g/mol. The predicted octanol–water partition coefficient (Wildman–Crippen LogP) is 4.53. The second kappa shape index (κ2) is 12.7. The summed E-state index contributed by atoms with van der Waals surface area (Å²) in [6.45, 7) is 7.80. The summed E-state index contributed by atoms with van der Waals surface area (Å²) in [6, 6.07) is 8.43. The number of piperidine rings is 2. The zero-order chi connectivity index (χ0) is 27.4. The molecule has 2 aromatic rings. The highest BCUT2D eigenvalue weighted by atomic mass is 16.7. The van der Waals surface area contributed by atoms with Crippen LogP contribution >= 0.6 is 0 Å². The topological polar surface area (TPSA) is 84.2 Å². The normalized spacial score (nSPS) is 24.9. The zero-order valence-electron chi connectivity index (χ0n) is 23.4. The number of likely N-dealkylation sites (tertiary alicyclic amines) is 2. The third-order valence-corrected chi connectivity index (χ3v) is 8.72. The molecule has 0 aliphatic carbocycles. The van der Waals surface area contributed by atoms with Crippen molar-refractivity contribution in [1.29, 1.82) is 0 Å². The summed E-state index contributed by atoms with van der Waals surface area (Å²) in [5.74, 6) is -0.121. The number of aliphatic hydroxyl groups excluding tert-OH is 1. The van der Waals surface area contributed by atoms with Gasteiger partial charge < -0.3 is 24.4 Å². The van der Waals surface area contributed by atoms with E-state index in [0.29, 0.717) is 31.2 Å². The minimum Gasteiger partial charge on any atom is -0.459 e. The Hall–Kier alpha value is -2.68. The number of fused-ring (bicyclic) bond motifs is 1. The van der Waals surface area contributed by atoms with Crippen LogP contribution in [0.15, 0.2) is 42.3 Å². The van der Waals surface area contributed by atoms with Gasteiger partial charge in [-0.2, -0.15) is 0 Å². The molecule has 3 atom stereocenters. The number of carbonyl (C=O) groups is 2. The molecule has 0 spiro atoms. The standard InChI is InChI=1S/C31H43N3O5/c1-3-38-31-25(11-9-19-35)26(27-21-34(22(2)36)28-12-6-5-10-24(27)28)20-29(39-31)30(37)33-17-13-23(14-18-33)32-15-7-4-8-16-32/h5-6,10,12,20-21,23,25-26,31,35H,3-4,7-9,11,13-19H2,1-2H3/t25-,26+,31-/m0/s1. The first-order valence-electron chi connectivity index (χ1n) is 14.8. The third kappa shape index (κ3) is 5.93. The van der Waals surface area contributed by atoms with Gasteiger partial charge in [-0.05, 0) is 76.2 Å². The van der Waals surface area contributed by atoms with E-state index in [9.17, 15) is 14.7 Å². The number of aromatic nitrogens is 1. The highest BCUT2D eigenvalue weighted by molar-refractivity contribution is 5.95. The molecule has 0 saturated carbocycles. The number of para-hydroxylation sites is 1. The number of nitrogens with zero attached hydrogens (tertiary/aromatic N) is 3. The summed E-state index contributed by atoms with van der Waals surface area (Å²) in [7, 11) is 0. The van der Waals surface area contributed by atoms with E-state index in [1.807, 2.05) is 48.4 Å². The second-order valence-corrected chi connectivity index (χ2v) is 11.1. The second-order valence-electron chi connectivity index (χ2n) is 11.1. The molecule has 1 amide bonds. The van der Waals surface area contributed by atoms with E-state index in [1.54, 1.807) is 11.5 Å². The Balaban J connectivity index is 1.45. The van der Waals surface area contributed by atoms with Crippen LogP contribution in [0.2, 0.25) is 0 Å². The number of ether oxygens (including phenoxy) is 2. The Bertz CT molecular complexity index is 1180. The maximum Gasteiger partial charge on any atom is 0.288 e. The summed E-state index contributed by atoms with van der Waals surface area (Å²) >= 11 is 0. The Labute approximate surface area is 231 Å². The number of rotatable bonds is 8. The van der Waals surface area contributed by atoms with Crippen molar-refractivity contribution >= 4 is 22.7 Å². The molecule has 1 aromatic heterocycles. The SMILES string of the molecule is CCO[C@H]1OC(C(=O)N2CCC(N3CCCCC3)CC2)=C[C@@H](c2cn(C(C)=O)c3ccccc23)[C@@H]1CCCO. The largest absolute Gasteiger partial charge is 0.459 e. The van der Waals surface area contributed by atoms with E-state index >= 15 is 0 Å². The Morgan fingerprint density at radius 3 is 2.51 bits per heavy atom. The molecule has 8 heteroatoms. The molecule has 2 fully saturated rings. The Morgan fingerprint density at radius 2 is 1.82 bits per heavy atom. The smallest absolute Gasteiger partial charge is 0.288 e. The van der Waals surface area contributed by atoms with Gasteiger partial charge in [0, 0.05) is 62.7 Å². The minimum absolute atomic E-state index is 0.0605. The van der Waals surface area contributed by atoms with Crippen molar-refractivity contribution in [3.05, 3.63) is 47.9 Å². The van der Waals surface area contributed by atoms with E-state index < -0.39 is 6.29 Å². The van der Waals surface area contributed by atoms with Gasteiger partial charge >= 0.3 is 0 Å². The average Bonchev–Trinajstić information content (AvgIpc) is 3.36. The van der Waals surface area contributed by atoms with Crippen molar-refractivity contribution in [2.45, 2.75) is 77.0 Å². The lowest BCUT2D eigenvalue weighted by atomic mass is 9.80. The molecule has 4 heterocycles. The van der Waals surface area contributed by atoms with Crippen LogP contribution in [0, 0.1) is 5.92 Å². The lowest BCUT2D eigenvalue weighted by molar-refractivity contribution is -0.170. The summed E-state index contributed by atoms with van der Waals surface area (Å²) in [6.07, 6.45) is 10.4. The fourth-order valence-corrected chi connectivity index (χ4v) is 6.72. The van der Waals surface area contributed by atoms with Crippen LogP contribution in [0.1, 0.15) is 75.1 Å². The average molecular weight is 538 g/mol.